The lowest BCUT2D eigenvalue weighted by Gasteiger charge is -2.05. The Morgan fingerprint density at radius 3 is 2.29 bits per heavy atom. The van der Waals surface area contributed by atoms with E-state index in [9.17, 15) is 13.6 Å². The normalized spacial score (nSPS) is 10.0. The van der Waals surface area contributed by atoms with Crippen LogP contribution in [-0.2, 0) is 0 Å². The van der Waals surface area contributed by atoms with Crippen LogP contribution in [0.25, 0.3) is 0 Å². The maximum absolute atomic E-state index is 13.0. The van der Waals surface area contributed by atoms with E-state index in [-0.39, 0.29) is 12.1 Å². The van der Waals surface area contributed by atoms with E-state index in [1.54, 1.807) is 0 Å². The Balaban J connectivity index is 3.20. The van der Waals surface area contributed by atoms with Gasteiger partial charge in [-0.05, 0) is 12.1 Å². The molecule has 1 aromatic carbocycles. The van der Waals surface area contributed by atoms with Crippen molar-refractivity contribution in [2.24, 2.45) is 5.73 Å². The van der Waals surface area contributed by atoms with Gasteiger partial charge in [0.05, 0.1) is 13.7 Å². The highest BCUT2D eigenvalue weighted by molar-refractivity contribution is 5.97. The smallest absolute Gasteiger partial charge is 0.190 e. The summed E-state index contributed by atoms with van der Waals surface area (Å²) in [5.41, 5.74) is 4.95. The van der Waals surface area contributed by atoms with Gasteiger partial charge in [-0.15, -0.1) is 0 Å². The molecule has 2 N–H and O–H groups in total. The summed E-state index contributed by atoms with van der Waals surface area (Å²) in [6.07, 6.45) is 0. The summed E-state index contributed by atoms with van der Waals surface area (Å²) in [6.45, 7) is -0.286. The van der Waals surface area contributed by atoms with Gasteiger partial charge in [0.2, 0.25) is 0 Å². The van der Waals surface area contributed by atoms with Crippen molar-refractivity contribution < 1.29 is 18.3 Å². The van der Waals surface area contributed by atoms with E-state index < -0.39 is 23.2 Å². The Kier molecular flexibility index (Phi) is 3.14. The van der Waals surface area contributed by atoms with Crippen molar-refractivity contribution in [2.45, 2.75) is 0 Å². The molecule has 0 aliphatic rings. The van der Waals surface area contributed by atoms with Crippen molar-refractivity contribution in [3.63, 3.8) is 0 Å². The summed E-state index contributed by atoms with van der Waals surface area (Å²) in [4.78, 5) is 11.0. The Bertz CT molecular complexity index is 343. The predicted molar refractivity (Wildman–Crippen MR) is 46.3 cm³/mol. The Morgan fingerprint density at radius 2 is 1.93 bits per heavy atom. The van der Waals surface area contributed by atoms with Gasteiger partial charge in [0.1, 0.15) is 0 Å². The minimum absolute atomic E-state index is 0.0942. The molecule has 76 valence electrons. The van der Waals surface area contributed by atoms with Gasteiger partial charge in [-0.2, -0.15) is 0 Å². The number of ketones is 1. The van der Waals surface area contributed by atoms with Crippen LogP contribution < -0.4 is 10.5 Å². The topological polar surface area (TPSA) is 52.3 Å². The second kappa shape index (κ2) is 4.15. The number of carbonyl (C=O) groups is 1. The van der Waals surface area contributed by atoms with Crippen LogP contribution in [0.15, 0.2) is 12.1 Å². The first-order chi connectivity index (χ1) is 6.60. The Hall–Kier alpha value is -1.49. The third-order valence-electron chi connectivity index (χ3n) is 1.71. The zero-order valence-electron chi connectivity index (χ0n) is 7.51. The van der Waals surface area contributed by atoms with Crippen LogP contribution in [0.4, 0.5) is 8.78 Å². The minimum Gasteiger partial charge on any atom is -0.491 e. The molecule has 1 aromatic rings. The van der Waals surface area contributed by atoms with Crippen LogP contribution in [0.3, 0.4) is 0 Å². The van der Waals surface area contributed by atoms with Gasteiger partial charge in [0.15, 0.2) is 23.2 Å². The number of rotatable bonds is 3. The number of ether oxygens (including phenoxy) is 1. The lowest BCUT2D eigenvalue weighted by molar-refractivity contribution is 0.100. The zero-order valence-corrected chi connectivity index (χ0v) is 7.51. The third kappa shape index (κ3) is 1.88. The Morgan fingerprint density at radius 1 is 1.43 bits per heavy atom. The molecular formula is C9H9F2NO2. The number of carbonyl (C=O) groups excluding carboxylic acids is 1. The second-order valence-corrected chi connectivity index (χ2v) is 2.60. The summed E-state index contributed by atoms with van der Waals surface area (Å²) in [7, 11) is 1.14. The van der Waals surface area contributed by atoms with E-state index in [2.05, 4.69) is 4.74 Å². The molecule has 14 heavy (non-hydrogen) atoms. The quantitative estimate of drug-likeness (QED) is 0.745. The number of Topliss-reactive ketones (excluding diaryl/α,β-unsaturated/α-hetero) is 1. The largest absolute Gasteiger partial charge is 0.491 e. The monoisotopic (exact) mass is 201 g/mol. The molecule has 0 spiro atoms. The lowest BCUT2D eigenvalue weighted by Crippen LogP contribution is -2.14. The SMILES string of the molecule is COc1c(F)cc(C(=O)CN)cc1F. The van der Waals surface area contributed by atoms with E-state index in [1.807, 2.05) is 0 Å². The van der Waals surface area contributed by atoms with E-state index in [0.29, 0.717) is 0 Å². The van der Waals surface area contributed by atoms with E-state index in [0.717, 1.165) is 19.2 Å². The molecule has 0 radical (unpaired) electrons. The molecule has 0 atom stereocenters. The zero-order chi connectivity index (χ0) is 10.7. The fourth-order valence-electron chi connectivity index (χ4n) is 1.03. The fraction of sp³-hybridized carbons (Fsp3) is 0.222. The summed E-state index contributed by atoms with van der Waals surface area (Å²) in [5, 5.41) is 0. The van der Waals surface area contributed by atoms with Crippen molar-refractivity contribution in [1.82, 2.24) is 0 Å². The Labute approximate surface area is 79.5 Å². The molecule has 0 unspecified atom stereocenters. The molecule has 3 nitrogen and oxygen atoms in total. The summed E-state index contributed by atoms with van der Waals surface area (Å²) in [5.74, 6) is -2.85. The predicted octanol–water partition coefficient (Wildman–Crippen LogP) is 1.11. The van der Waals surface area contributed by atoms with Gasteiger partial charge in [-0.25, -0.2) is 8.78 Å². The molecule has 0 amide bonds. The standard InChI is InChI=1S/C9H9F2NO2/c1-14-9-6(10)2-5(3-7(9)11)8(13)4-12/h2-3H,4,12H2,1H3. The first kappa shape index (κ1) is 10.6. The fourth-order valence-corrected chi connectivity index (χ4v) is 1.03. The third-order valence-corrected chi connectivity index (χ3v) is 1.71. The number of methoxy groups -OCH3 is 1. The number of hydrogen-bond acceptors (Lipinski definition) is 3. The molecule has 0 bridgehead atoms. The van der Waals surface area contributed by atoms with Crippen molar-refractivity contribution in [1.29, 1.82) is 0 Å². The van der Waals surface area contributed by atoms with Crippen LogP contribution in [-0.4, -0.2) is 19.4 Å². The van der Waals surface area contributed by atoms with Gasteiger partial charge >= 0.3 is 0 Å². The minimum atomic E-state index is -0.913. The molecule has 1 rings (SSSR count). The van der Waals surface area contributed by atoms with Gasteiger partial charge in [0, 0.05) is 5.56 Å². The molecule has 0 aliphatic heterocycles. The van der Waals surface area contributed by atoms with Gasteiger partial charge in [-0.3, -0.25) is 4.79 Å². The van der Waals surface area contributed by atoms with Crippen molar-refractivity contribution >= 4 is 5.78 Å². The van der Waals surface area contributed by atoms with Crippen LogP contribution in [0, 0.1) is 11.6 Å². The number of halogens is 2. The molecule has 0 saturated heterocycles. The van der Waals surface area contributed by atoms with Gasteiger partial charge in [-0.1, -0.05) is 0 Å². The van der Waals surface area contributed by atoms with Gasteiger partial charge in [0.25, 0.3) is 0 Å². The maximum atomic E-state index is 13.0. The van der Waals surface area contributed by atoms with E-state index >= 15 is 0 Å². The van der Waals surface area contributed by atoms with Crippen LogP contribution in [0.1, 0.15) is 10.4 Å². The van der Waals surface area contributed by atoms with Crippen molar-refractivity contribution in [3.05, 3.63) is 29.3 Å². The molecule has 0 aliphatic carbocycles. The van der Waals surface area contributed by atoms with Crippen LogP contribution >= 0.6 is 0 Å². The average Bonchev–Trinajstić information content (AvgIpc) is 2.16. The molecule has 5 heteroatoms. The van der Waals surface area contributed by atoms with Crippen LogP contribution in [0.2, 0.25) is 0 Å². The molecular weight excluding hydrogens is 192 g/mol. The summed E-state index contributed by atoms with van der Waals surface area (Å²) >= 11 is 0. The average molecular weight is 201 g/mol. The molecule has 0 heterocycles. The van der Waals surface area contributed by atoms with Crippen molar-refractivity contribution in [2.75, 3.05) is 13.7 Å². The highest BCUT2D eigenvalue weighted by Gasteiger charge is 2.14. The summed E-state index contributed by atoms with van der Waals surface area (Å²) in [6, 6.07) is 1.80. The molecule has 0 saturated carbocycles. The molecule has 0 aromatic heterocycles. The van der Waals surface area contributed by atoms with Crippen molar-refractivity contribution in [3.8, 4) is 5.75 Å². The van der Waals surface area contributed by atoms with Gasteiger partial charge < -0.3 is 10.5 Å². The number of benzene rings is 1. The highest BCUT2D eigenvalue weighted by Crippen LogP contribution is 2.22. The first-order valence-corrected chi connectivity index (χ1v) is 3.86. The molecule has 0 fully saturated rings. The summed E-state index contributed by atoms with van der Waals surface area (Å²) < 4.78 is 30.6. The maximum Gasteiger partial charge on any atom is 0.190 e. The number of hydrogen-bond donors (Lipinski definition) is 1. The lowest BCUT2D eigenvalue weighted by atomic mass is 10.1. The van der Waals surface area contributed by atoms with E-state index in [4.69, 9.17) is 5.73 Å². The number of nitrogens with two attached hydrogens (primary N) is 1. The highest BCUT2D eigenvalue weighted by atomic mass is 19.1. The second-order valence-electron chi connectivity index (χ2n) is 2.60. The first-order valence-electron chi connectivity index (χ1n) is 3.86. The van der Waals surface area contributed by atoms with Crippen LogP contribution in [0.5, 0.6) is 5.75 Å². The van der Waals surface area contributed by atoms with E-state index in [1.165, 1.54) is 0 Å².